The summed E-state index contributed by atoms with van der Waals surface area (Å²) in [6.07, 6.45) is 18.4. The smallest absolute Gasteiger partial charge is 0.0431 e. The van der Waals surface area contributed by atoms with Crippen molar-refractivity contribution in [2.75, 3.05) is 0 Å². The minimum absolute atomic E-state index is 0. The van der Waals surface area contributed by atoms with E-state index in [9.17, 15) is 0 Å². The predicted octanol–water partition coefficient (Wildman–Crippen LogP) is 4.16. The summed E-state index contributed by atoms with van der Waals surface area (Å²) in [4.78, 5) is 1.30. The van der Waals surface area contributed by atoms with Crippen molar-refractivity contribution < 1.29 is 17.1 Å². The molecule has 10 radical (unpaired) electrons. The molecule has 1 aromatic carbocycles. The number of rotatable bonds is 2. The molecule has 0 N–H and O–H groups in total. The SMILES string of the molecule is [CH]1[CH][CH][CH][CH]1.[CH]1[CH][CH][C](Sc2ccccc2)[CH]1.[Fe]. The van der Waals surface area contributed by atoms with Gasteiger partial charge in [-0.05, 0) is 69.9 Å². The van der Waals surface area contributed by atoms with Crippen LogP contribution >= 0.6 is 11.8 Å². The molecule has 2 fully saturated rings. The molecule has 2 saturated carbocycles. The maximum absolute atomic E-state index is 2.12. The largest absolute Gasteiger partial charge is 0.117 e. The summed E-state index contributed by atoms with van der Waals surface area (Å²) in [5.74, 6) is 0. The molecule has 0 aromatic heterocycles. The summed E-state index contributed by atoms with van der Waals surface area (Å²) in [6, 6.07) is 10.4. The summed E-state index contributed by atoms with van der Waals surface area (Å²) in [6.45, 7) is 0. The molecular weight excluding hydrogens is 280 g/mol. The topological polar surface area (TPSA) is 0 Å². The van der Waals surface area contributed by atoms with Crippen molar-refractivity contribution in [1.29, 1.82) is 0 Å². The molecule has 2 heteroatoms. The van der Waals surface area contributed by atoms with Gasteiger partial charge in [0.2, 0.25) is 0 Å². The number of benzene rings is 1. The average molecular weight is 294 g/mol. The van der Waals surface area contributed by atoms with Crippen molar-refractivity contribution in [3.8, 4) is 0 Å². The van der Waals surface area contributed by atoms with Crippen LogP contribution in [0.2, 0.25) is 0 Å². The third kappa shape index (κ3) is 6.31. The molecule has 92 valence electrons. The van der Waals surface area contributed by atoms with Gasteiger partial charge in [-0.1, -0.05) is 18.2 Å². The molecule has 0 aliphatic heterocycles. The third-order valence-electron chi connectivity index (χ3n) is 2.17. The van der Waals surface area contributed by atoms with Gasteiger partial charge in [0.25, 0.3) is 0 Å². The van der Waals surface area contributed by atoms with E-state index < -0.39 is 0 Å². The Hall–Kier alpha value is 0.0895. The van der Waals surface area contributed by atoms with Gasteiger partial charge in [-0.25, -0.2) is 0 Å². The maximum atomic E-state index is 2.12. The van der Waals surface area contributed by atoms with Crippen LogP contribution in [0.25, 0.3) is 0 Å². The Morgan fingerprint density at radius 1 is 0.611 bits per heavy atom. The molecule has 0 unspecified atom stereocenters. The van der Waals surface area contributed by atoms with E-state index in [4.69, 9.17) is 0 Å². The summed E-state index contributed by atoms with van der Waals surface area (Å²) in [7, 11) is 0. The van der Waals surface area contributed by atoms with Crippen LogP contribution in [0.4, 0.5) is 0 Å². The molecule has 0 spiro atoms. The Morgan fingerprint density at radius 3 is 1.61 bits per heavy atom. The minimum atomic E-state index is 0. The van der Waals surface area contributed by atoms with E-state index in [1.54, 1.807) is 11.8 Å². The van der Waals surface area contributed by atoms with Crippen LogP contribution in [-0.2, 0) is 17.1 Å². The summed E-state index contributed by atoms with van der Waals surface area (Å²) in [5, 5.41) is 1.31. The van der Waals surface area contributed by atoms with Gasteiger partial charge in [0.05, 0.1) is 0 Å². The van der Waals surface area contributed by atoms with Gasteiger partial charge < -0.3 is 0 Å². The van der Waals surface area contributed by atoms with E-state index in [0.717, 1.165) is 0 Å². The minimum Gasteiger partial charge on any atom is -0.117 e. The van der Waals surface area contributed by atoms with Gasteiger partial charge in [-0.2, -0.15) is 0 Å². The molecule has 0 amide bonds. The molecular formula is C16H14FeS. The van der Waals surface area contributed by atoms with Crippen LogP contribution < -0.4 is 0 Å². The van der Waals surface area contributed by atoms with E-state index in [0.29, 0.717) is 0 Å². The number of hydrogen-bond acceptors (Lipinski definition) is 1. The zero-order valence-corrected chi connectivity index (χ0v) is 11.8. The van der Waals surface area contributed by atoms with E-state index in [1.165, 1.54) is 10.1 Å². The van der Waals surface area contributed by atoms with Gasteiger partial charge in [0.1, 0.15) is 0 Å². The summed E-state index contributed by atoms with van der Waals surface area (Å²) < 4.78 is 0. The van der Waals surface area contributed by atoms with E-state index in [-0.39, 0.29) is 17.1 Å². The van der Waals surface area contributed by atoms with Crippen molar-refractivity contribution in [3.05, 3.63) is 93.4 Å². The van der Waals surface area contributed by atoms with Gasteiger partial charge in [-0.3, -0.25) is 0 Å². The van der Waals surface area contributed by atoms with Crippen LogP contribution in [0.1, 0.15) is 0 Å². The monoisotopic (exact) mass is 294 g/mol. The molecule has 18 heavy (non-hydrogen) atoms. The molecule has 0 heterocycles. The van der Waals surface area contributed by atoms with Gasteiger partial charge in [-0.15, -0.1) is 11.8 Å². The average Bonchev–Trinajstić information content (AvgIpc) is 3.06. The van der Waals surface area contributed by atoms with Crippen LogP contribution in [0, 0.1) is 63.0 Å². The predicted molar refractivity (Wildman–Crippen MR) is 74.2 cm³/mol. The second-order valence-electron chi connectivity index (χ2n) is 3.50. The Kier molecular flexibility index (Phi) is 8.92. The first kappa shape index (κ1) is 16.1. The van der Waals surface area contributed by atoms with Gasteiger partial charge >= 0.3 is 0 Å². The molecule has 3 rings (SSSR count). The quantitative estimate of drug-likeness (QED) is 0.738. The molecule has 0 atom stereocenters. The first-order valence-corrected chi connectivity index (χ1v) is 6.38. The Labute approximate surface area is 127 Å². The van der Waals surface area contributed by atoms with Gasteiger partial charge in [0, 0.05) is 27.2 Å². The van der Waals surface area contributed by atoms with Crippen molar-refractivity contribution >= 4 is 11.8 Å². The normalized spacial score (nSPS) is 18.9. The van der Waals surface area contributed by atoms with Crippen molar-refractivity contribution in [1.82, 2.24) is 0 Å². The Bertz CT molecular complexity index is 282. The zero-order valence-electron chi connectivity index (χ0n) is 9.84. The van der Waals surface area contributed by atoms with E-state index in [1.807, 2.05) is 38.2 Å². The number of hydrogen-bond donors (Lipinski definition) is 0. The maximum Gasteiger partial charge on any atom is 0.0431 e. The zero-order chi connectivity index (χ0) is 11.8. The first-order valence-electron chi connectivity index (χ1n) is 5.56. The van der Waals surface area contributed by atoms with Crippen LogP contribution in [0.3, 0.4) is 0 Å². The summed E-state index contributed by atoms with van der Waals surface area (Å²) in [5.41, 5.74) is 0. The molecule has 0 nitrogen and oxygen atoms in total. The van der Waals surface area contributed by atoms with Crippen LogP contribution in [0.15, 0.2) is 35.2 Å². The third-order valence-corrected chi connectivity index (χ3v) is 3.18. The van der Waals surface area contributed by atoms with E-state index in [2.05, 4.69) is 49.9 Å². The second-order valence-corrected chi connectivity index (χ2v) is 4.64. The fraction of sp³-hybridized carbons (Fsp3) is 0. The molecule has 0 bridgehead atoms. The van der Waals surface area contributed by atoms with Crippen molar-refractivity contribution in [3.63, 3.8) is 0 Å². The number of thioether (sulfide) groups is 1. The Balaban J connectivity index is 0.000000230. The second kappa shape index (κ2) is 9.95. The summed E-state index contributed by atoms with van der Waals surface area (Å²) >= 11 is 1.79. The molecule has 1 aromatic rings. The fourth-order valence-electron chi connectivity index (χ4n) is 1.37. The fourth-order valence-corrected chi connectivity index (χ4v) is 2.23. The van der Waals surface area contributed by atoms with Gasteiger partial charge in [0.15, 0.2) is 0 Å². The van der Waals surface area contributed by atoms with Crippen molar-refractivity contribution in [2.24, 2.45) is 0 Å². The van der Waals surface area contributed by atoms with Crippen LogP contribution in [0.5, 0.6) is 0 Å². The molecule has 2 aliphatic carbocycles. The Morgan fingerprint density at radius 2 is 1.11 bits per heavy atom. The standard InChI is InChI=1S/C11H9S.C5H5.Fe/c1-2-6-10(7-3-1)12-11-8-4-5-9-11;1-2-4-5-3-1;/h1-9H;1-5H;. The van der Waals surface area contributed by atoms with Crippen molar-refractivity contribution in [2.45, 2.75) is 4.90 Å². The molecule has 0 saturated heterocycles. The first-order chi connectivity index (χ1) is 8.45. The van der Waals surface area contributed by atoms with E-state index >= 15 is 0 Å². The molecule has 2 aliphatic rings. The van der Waals surface area contributed by atoms with Crippen LogP contribution in [-0.4, -0.2) is 0 Å².